The maximum Gasteiger partial charge on any atom is 0.243 e. The van der Waals surface area contributed by atoms with Crippen molar-refractivity contribution in [2.45, 2.75) is 30.3 Å². The van der Waals surface area contributed by atoms with E-state index in [2.05, 4.69) is 10.3 Å². The summed E-state index contributed by atoms with van der Waals surface area (Å²) in [6, 6.07) is 17.7. The standard InChI is InChI=1S/C29H24F3N3O3S/c30-22-4-1-19(2-5-22)17-35(18-21-3-6-23(31)15-28(21)32)39(37,38)25-9-7-24(8-10-25)34-29(36)27-16-26(27)20-11-13-33-14-12-20/h1-15,26-27H,16-18H2,(H,34,36). The van der Waals surface area contributed by atoms with Crippen LogP contribution in [0.4, 0.5) is 18.9 Å². The number of pyridine rings is 1. The second-order valence-electron chi connectivity index (χ2n) is 9.38. The van der Waals surface area contributed by atoms with Gasteiger partial charge in [-0.3, -0.25) is 9.78 Å². The Bertz CT molecular complexity index is 1580. The van der Waals surface area contributed by atoms with Crippen molar-refractivity contribution in [3.05, 3.63) is 125 Å². The molecular formula is C29H24F3N3O3S. The topological polar surface area (TPSA) is 79.4 Å². The third kappa shape index (κ3) is 6.18. The smallest absolute Gasteiger partial charge is 0.243 e. The molecule has 10 heteroatoms. The molecule has 6 nitrogen and oxygen atoms in total. The van der Waals surface area contributed by atoms with Gasteiger partial charge in [0.15, 0.2) is 0 Å². The summed E-state index contributed by atoms with van der Waals surface area (Å²) in [5, 5.41) is 2.83. The van der Waals surface area contributed by atoms with Crippen molar-refractivity contribution < 1.29 is 26.4 Å². The number of nitrogens with zero attached hydrogens (tertiary/aromatic N) is 2. The normalized spacial score (nSPS) is 16.7. The zero-order valence-corrected chi connectivity index (χ0v) is 21.4. The van der Waals surface area contributed by atoms with E-state index in [1.165, 1.54) is 54.6 Å². The third-order valence-electron chi connectivity index (χ3n) is 6.66. The molecule has 4 aromatic rings. The van der Waals surface area contributed by atoms with Crippen molar-refractivity contribution in [2.24, 2.45) is 5.92 Å². The fourth-order valence-corrected chi connectivity index (χ4v) is 5.82. The second kappa shape index (κ2) is 11.0. The number of hydrogen-bond donors (Lipinski definition) is 1. The van der Waals surface area contributed by atoms with E-state index < -0.39 is 27.5 Å². The van der Waals surface area contributed by atoms with Crippen LogP contribution in [0.5, 0.6) is 0 Å². The summed E-state index contributed by atoms with van der Waals surface area (Å²) in [6.07, 6.45) is 4.10. The van der Waals surface area contributed by atoms with Crippen molar-refractivity contribution in [3.63, 3.8) is 0 Å². The molecule has 3 aromatic carbocycles. The summed E-state index contributed by atoms with van der Waals surface area (Å²) >= 11 is 0. The van der Waals surface area contributed by atoms with Gasteiger partial charge in [-0.05, 0) is 78.1 Å². The molecule has 2 atom stereocenters. The molecule has 1 fully saturated rings. The van der Waals surface area contributed by atoms with Crippen LogP contribution in [0.3, 0.4) is 0 Å². The number of nitrogens with one attached hydrogen (secondary N) is 1. The third-order valence-corrected chi connectivity index (χ3v) is 8.46. The van der Waals surface area contributed by atoms with E-state index in [0.717, 1.165) is 22.4 Å². The number of rotatable bonds is 9. The van der Waals surface area contributed by atoms with E-state index >= 15 is 0 Å². The Balaban J connectivity index is 1.33. The van der Waals surface area contributed by atoms with Gasteiger partial charge in [0, 0.05) is 48.7 Å². The van der Waals surface area contributed by atoms with Gasteiger partial charge in [0.25, 0.3) is 0 Å². The maximum atomic E-state index is 14.4. The molecule has 2 unspecified atom stereocenters. The summed E-state index contributed by atoms with van der Waals surface area (Å²) in [4.78, 5) is 16.6. The molecule has 0 saturated heterocycles. The fraction of sp³-hybridized carbons (Fsp3) is 0.172. The molecule has 0 spiro atoms. The average Bonchev–Trinajstić information content (AvgIpc) is 3.73. The highest BCUT2D eigenvalue weighted by Gasteiger charge is 2.43. The molecule has 1 N–H and O–H groups in total. The van der Waals surface area contributed by atoms with Gasteiger partial charge in [-0.15, -0.1) is 0 Å². The van der Waals surface area contributed by atoms with Crippen LogP contribution in [0.1, 0.15) is 29.0 Å². The van der Waals surface area contributed by atoms with Gasteiger partial charge in [-0.25, -0.2) is 21.6 Å². The van der Waals surface area contributed by atoms with Crippen molar-refractivity contribution in [1.29, 1.82) is 0 Å². The number of carbonyl (C=O) groups excluding carboxylic acids is 1. The molecule has 0 radical (unpaired) electrons. The minimum Gasteiger partial charge on any atom is -0.326 e. The van der Waals surface area contributed by atoms with Crippen molar-refractivity contribution in [1.82, 2.24) is 9.29 Å². The highest BCUT2D eigenvalue weighted by molar-refractivity contribution is 7.89. The molecule has 1 aliphatic carbocycles. The number of amides is 1. The van der Waals surface area contributed by atoms with E-state index in [9.17, 15) is 26.4 Å². The van der Waals surface area contributed by atoms with Crippen LogP contribution in [-0.2, 0) is 27.9 Å². The molecule has 1 heterocycles. The summed E-state index contributed by atoms with van der Waals surface area (Å²) in [6.45, 7) is -0.543. The number of anilines is 1. The number of benzene rings is 3. The minimum absolute atomic E-state index is 0.0147. The molecule has 0 aliphatic heterocycles. The van der Waals surface area contributed by atoms with Gasteiger partial charge < -0.3 is 5.32 Å². The number of carbonyl (C=O) groups is 1. The molecule has 1 saturated carbocycles. The molecule has 1 aliphatic rings. The van der Waals surface area contributed by atoms with E-state index in [-0.39, 0.29) is 41.3 Å². The first kappa shape index (κ1) is 26.6. The molecule has 200 valence electrons. The van der Waals surface area contributed by atoms with Crippen molar-refractivity contribution in [3.8, 4) is 0 Å². The van der Waals surface area contributed by atoms with Gasteiger partial charge >= 0.3 is 0 Å². The van der Waals surface area contributed by atoms with E-state index in [1.54, 1.807) is 12.4 Å². The lowest BCUT2D eigenvalue weighted by atomic mass is 10.1. The summed E-state index contributed by atoms with van der Waals surface area (Å²) in [5.41, 5.74) is 1.96. The van der Waals surface area contributed by atoms with Crippen LogP contribution in [0, 0.1) is 23.4 Å². The zero-order valence-electron chi connectivity index (χ0n) is 20.6. The summed E-state index contributed by atoms with van der Waals surface area (Å²) in [5.74, 6) is -2.34. The van der Waals surface area contributed by atoms with Gasteiger partial charge in [-0.1, -0.05) is 18.2 Å². The molecule has 39 heavy (non-hydrogen) atoms. The van der Waals surface area contributed by atoms with Crippen LogP contribution >= 0.6 is 0 Å². The predicted molar refractivity (Wildman–Crippen MR) is 139 cm³/mol. The Hall–Kier alpha value is -4.02. The van der Waals surface area contributed by atoms with E-state index in [0.29, 0.717) is 17.3 Å². The van der Waals surface area contributed by atoms with Crippen molar-refractivity contribution in [2.75, 3.05) is 5.32 Å². The molecule has 1 amide bonds. The van der Waals surface area contributed by atoms with Gasteiger partial charge in [0.05, 0.1) is 4.90 Å². The largest absolute Gasteiger partial charge is 0.326 e. The number of aromatic nitrogens is 1. The predicted octanol–water partition coefficient (Wildman–Crippen LogP) is 5.63. The number of sulfonamides is 1. The number of halogens is 3. The Kier molecular flexibility index (Phi) is 7.49. The molecule has 1 aromatic heterocycles. The Morgan fingerprint density at radius 2 is 1.54 bits per heavy atom. The van der Waals surface area contributed by atoms with E-state index in [4.69, 9.17) is 0 Å². The quantitative estimate of drug-likeness (QED) is 0.292. The maximum absolute atomic E-state index is 14.4. The SMILES string of the molecule is O=C(Nc1ccc(S(=O)(=O)N(Cc2ccc(F)cc2)Cc2ccc(F)cc2F)cc1)C1CC1c1ccncc1. The lowest BCUT2D eigenvalue weighted by Gasteiger charge is -2.23. The second-order valence-corrected chi connectivity index (χ2v) is 11.3. The lowest BCUT2D eigenvalue weighted by Crippen LogP contribution is -2.30. The van der Waals surface area contributed by atoms with Gasteiger partial charge in [-0.2, -0.15) is 4.31 Å². The van der Waals surface area contributed by atoms with Crippen LogP contribution in [0.25, 0.3) is 0 Å². The van der Waals surface area contributed by atoms with E-state index in [1.807, 2.05) is 12.1 Å². The first-order valence-corrected chi connectivity index (χ1v) is 13.6. The van der Waals surface area contributed by atoms with Crippen LogP contribution in [0.15, 0.2) is 96.2 Å². The van der Waals surface area contributed by atoms with Gasteiger partial charge in [0.1, 0.15) is 17.5 Å². The first-order chi connectivity index (χ1) is 18.7. The highest BCUT2D eigenvalue weighted by atomic mass is 32.2. The first-order valence-electron chi connectivity index (χ1n) is 12.2. The van der Waals surface area contributed by atoms with Crippen LogP contribution in [-0.4, -0.2) is 23.6 Å². The molecular weight excluding hydrogens is 527 g/mol. The lowest BCUT2D eigenvalue weighted by molar-refractivity contribution is -0.117. The Labute approximate surface area is 224 Å². The fourth-order valence-electron chi connectivity index (χ4n) is 4.42. The monoisotopic (exact) mass is 551 g/mol. The highest BCUT2D eigenvalue weighted by Crippen LogP contribution is 2.47. The molecule has 5 rings (SSSR count). The van der Waals surface area contributed by atoms with Crippen molar-refractivity contribution >= 4 is 21.6 Å². The Morgan fingerprint density at radius 1 is 0.872 bits per heavy atom. The average molecular weight is 552 g/mol. The number of hydrogen-bond acceptors (Lipinski definition) is 4. The zero-order chi connectivity index (χ0) is 27.6. The van der Waals surface area contributed by atoms with Crippen LogP contribution in [0.2, 0.25) is 0 Å². The minimum atomic E-state index is -4.17. The van der Waals surface area contributed by atoms with Gasteiger partial charge in [0.2, 0.25) is 15.9 Å². The summed E-state index contributed by atoms with van der Waals surface area (Å²) < 4.78 is 69.5. The molecule has 0 bridgehead atoms. The van der Waals surface area contributed by atoms with Crippen LogP contribution < -0.4 is 5.32 Å². The Morgan fingerprint density at radius 3 is 2.21 bits per heavy atom. The summed E-state index contributed by atoms with van der Waals surface area (Å²) in [7, 11) is -4.17.